The molecule has 4 heterocycles. The lowest BCUT2D eigenvalue weighted by Gasteiger charge is -2.49. The highest BCUT2D eigenvalue weighted by Crippen LogP contribution is 2.34. The number of hydrogen-bond donors (Lipinski definition) is 2. The molecule has 0 unspecified atom stereocenters. The molecular formula is C20H22F3N3O4S2. The standard InChI is InChI=1S/C20H22F3N3O4S2/c1-12-18(13-8-10-26(12)11-9-13)24-19(27)16-6-7-17(31-16)30-15-4-2-14(3-5-15)25-32(28,29)20(21,22)23/h2-7,12-13,18,25H,8-11H2,1H3,(H,24,27)/t12-,18-/m0/s1. The number of fused-ring (bicyclic) bond motifs is 3. The van der Waals surface area contributed by atoms with E-state index in [9.17, 15) is 26.4 Å². The third kappa shape index (κ3) is 4.71. The van der Waals surface area contributed by atoms with E-state index in [1.54, 1.807) is 12.1 Å². The number of amides is 1. The van der Waals surface area contributed by atoms with Crippen molar-refractivity contribution in [2.45, 2.75) is 37.4 Å². The zero-order chi connectivity index (χ0) is 23.1. The molecule has 7 nitrogen and oxygen atoms in total. The Labute approximate surface area is 187 Å². The quantitative estimate of drug-likeness (QED) is 0.640. The third-order valence-electron chi connectivity index (χ3n) is 5.91. The summed E-state index contributed by atoms with van der Waals surface area (Å²) < 4.78 is 66.8. The van der Waals surface area contributed by atoms with Crippen molar-refractivity contribution in [3.8, 4) is 10.8 Å². The van der Waals surface area contributed by atoms with E-state index in [-0.39, 0.29) is 17.6 Å². The second-order valence-corrected chi connectivity index (χ2v) is 10.6. The molecule has 0 spiro atoms. The molecule has 2 atom stereocenters. The molecule has 174 valence electrons. The maximum Gasteiger partial charge on any atom is 0.516 e. The van der Waals surface area contributed by atoms with E-state index in [0.717, 1.165) is 49.4 Å². The van der Waals surface area contributed by atoms with Crippen LogP contribution in [0.5, 0.6) is 10.8 Å². The minimum Gasteiger partial charge on any atom is -0.447 e. The Morgan fingerprint density at radius 2 is 1.78 bits per heavy atom. The van der Waals surface area contributed by atoms with Crippen LogP contribution in [0.1, 0.15) is 29.4 Å². The summed E-state index contributed by atoms with van der Waals surface area (Å²) >= 11 is 1.16. The van der Waals surface area contributed by atoms with Crippen molar-refractivity contribution in [2.24, 2.45) is 5.92 Å². The predicted octanol–water partition coefficient (Wildman–Crippen LogP) is 4.01. The largest absolute Gasteiger partial charge is 0.516 e. The Morgan fingerprint density at radius 3 is 2.38 bits per heavy atom. The van der Waals surface area contributed by atoms with E-state index >= 15 is 0 Å². The van der Waals surface area contributed by atoms with Gasteiger partial charge in [0.1, 0.15) is 5.75 Å². The Morgan fingerprint density at radius 1 is 1.12 bits per heavy atom. The van der Waals surface area contributed by atoms with Crippen LogP contribution in [0.25, 0.3) is 0 Å². The molecule has 1 aromatic heterocycles. The molecule has 0 radical (unpaired) electrons. The van der Waals surface area contributed by atoms with Crippen LogP contribution in [-0.4, -0.2) is 49.9 Å². The first-order chi connectivity index (χ1) is 15.0. The van der Waals surface area contributed by atoms with Crippen molar-refractivity contribution in [3.63, 3.8) is 0 Å². The monoisotopic (exact) mass is 489 g/mol. The van der Waals surface area contributed by atoms with Gasteiger partial charge in [0.25, 0.3) is 5.91 Å². The molecule has 0 saturated carbocycles. The lowest BCUT2D eigenvalue weighted by molar-refractivity contribution is -0.0429. The summed E-state index contributed by atoms with van der Waals surface area (Å²) in [5, 5.41) is 3.58. The maximum atomic E-state index is 12.7. The van der Waals surface area contributed by atoms with E-state index in [0.29, 0.717) is 27.6 Å². The number of halogens is 3. The number of hydrogen-bond acceptors (Lipinski definition) is 6. The molecule has 1 amide bonds. The molecule has 5 rings (SSSR count). The molecule has 2 N–H and O–H groups in total. The molecule has 3 aliphatic rings. The summed E-state index contributed by atoms with van der Waals surface area (Å²) in [5.41, 5.74) is -5.64. The number of sulfonamides is 1. The summed E-state index contributed by atoms with van der Waals surface area (Å²) in [7, 11) is -5.48. The number of anilines is 1. The topological polar surface area (TPSA) is 87.7 Å². The van der Waals surface area contributed by atoms with Crippen molar-refractivity contribution in [3.05, 3.63) is 41.3 Å². The lowest BCUT2D eigenvalue weighted by Crippen LogP contribution is -2.62. The zero-order valence-electron chi connectivity index (χ0n) is 17.1. The number of carbonyl (C=O) groups is 1. The van der Waals surface area contributed by atoms with Crippen LogP contribution in [0.3, 0.4) is 0 Å². The molecule has 12 heteroatoms. The number of carbonyl (C=O) groups excluding carboxylic acids is 1. The van der Waals surface area contributed by atoms with Gasteiger partial charge < -0.3 is 10.1 Å². The van der Waals surface area contributed by atoms with Gasteiger partial charge in [-0.3, -0.25) is 14.4 Å². The fraction of sp³-hybridized carbons (Fsp3) is 0.450. The van der Waals surface area contributed by atoms with Gasteiger partial charge in [0.2, 0.25) is 0 Å². The van der Waals surface area contributed by atoms with Crippen molar-refractivity contribution < 1.29 is 31.1 Å². The number of ether oxygens (including phenoxy) is 1. The fourth-order valence-corrected chi connectivity index (χ4v) is 5.53. The van der Waals surface area contributed by atoms with Crippen LogP contribution in [0.2, 0.25) is 0 Å². The van der Waals surface area contributed by atoms with E-state index < -0.39 is 15.5 Å². The minimum atomic E-state index is -5.48. The van der Waals surface area contributed by atoms with Crippen LogP contribution in [0.15, 0.2) is 36.4 Å². The second-order valence-electron chi connectivity index (χ2n) is 7.91. The fourth-order valence-electron chi connectivity index (χ4n) is 4.19. The number of nitrogens with zero attached hydrogens (tertiary/aromatic N) is 1. The first kappa shape index (κ1) is 22.9. The summed E-state index contributed by atoms with van der Waals surface area (Å²) in [6, 6.07) is 8.71. The number of benzene rings is 1. The van der Waals surface area contributed by atoms with Crippen LogP contribution >= 0.6 is 11.3 Å². The average molecular weight is 490 g/mol. The van der Waals surface area contributed by atoms with Gasteiger partial charge in [0, 0.05) is 17.8 Å². The third-order valence-corrected chi connectivity index (χ3v) is 7.99. The van der Waals surface area contributed by atoms with Gasteiger partial charge >= 0.3 is 15.5 Å². The van der Waals surface area contributed by atoms with E-state index in [2.05, 4.69) is 17.1 Å². The van der Waals surface area contributed by atoms with Crippen LogP contribution in [0.4, 0.5) is 18.9 Å². The highest BCUT2D eigenvalue weighted by molar-refractivity contribution is 7.93. The van der Waals surface area contributed by atoms with Crippen molar-refractivity contribution in [1.29, 1.82) is 0 Å². The normalized spacial score (nSPS) is 25.4. The Balaban J connectivity index is 1.36. The van der Waals surface area contributed by atoms with Crippen molar-refractivity contribution >= 4 is 33.0 Å². The van der Waals surface area contributed by atoms with Crippen LogP contribution in [0, 0.1) is 5.92 Å². The highest BCUT2D eigenvalue weighted by atomic mass is 32.2. The molecule has 0 aliphatic carbocycles. The van der Waals surface area contributed by atoms with Crippen LogP contribution < -0.4 is 14.8 Å². The molecular weight excluding hydrogens is 467 g/mol. The summed E-state index contributed by atoms with van der Waals surface area (Å²) in [4.78, 5) is 15.6. The molecule has 32 heavy (non-hydrogen) atoms. The Bertz CT molecular complexity index is 1080. The van der Waals surface area contributed by atoms with Crippen molar-refractivity contribution in [1.82, 2.24) is 10.2 Å². The Hall–Kier alpha value is -2.31. The number of piperidine rings is 3. The summed E-state index contributed by atoms with van der Waals surface area (Å²) in [5.74, 6) is 0.620. The molecule has 3 aliphatic heterocycles. The van der Waals surface area contributed by atoms with Crippen molar-refractivity contribution in [2.75, 3.05) is 17.8 Å². The molecule has 3 fully saturated rings. The van der Waals surface area contributed by atoms with E-state index in [1.807, 2.05) is 0 Å². The van der Waals surface area contributed by atoms with Gasteiger partial charge in [-0.25, -0.2) is 0 Å². The number of rotatable bonds is 6. The average Bonchev–Trinajstić information content (AvgIpc) is 3.20. The summed E-state index contributed by atoms with van der Waals surface area (Å²) in [6.45, 7) is 4.29. The molecule has 2 aromatic rings. The van der Waals surface area contributed by atoms with Gasteiger partial charge in [-0.1, -0.05) is 11.3 Å². The van der Waals surface area contributed by atoms with Gasteiger partial charge in [0.05, 0.1) is 4.88 Å². The zero-order valence-corrected chi connectivity index (χ0v) is 18.7. The maximum absolute atomic E-state index is 12.7. The molecule has 1 aromatic carbocycles. The number of thiophene rings is 1. The van der Waals surface area contributed by atoms with Gasteiger partial charge in [-0.2, -0.15) is 21.6 Å². The smallest absolute Gasteiger partial charge is 0.447 e. The first-order valence-corrected chi connectivity index (χ1v) is 12.4. The molecule has 2 bridgehead atoms. The van der Waals surface area contributed by atoms with Crippen LogP contribution in [-0.2, 0) is 10.0 Å². The van der Waals surface area contributed by atoms with Gasteiger partial charge in [-0.05, 0) is 75.2 Å². The SMILES string of the molecule is C[C@H]1[C@H](NC(=O)c2ccc(Oc3ccc(NS(=O)(=O)C(F)(F)F)cc3)s2)C2CCN1CC2. The number of alkyl halides is 3. The molecule has 3 saturated heterocycles. The van der Waals surface area contributed by atoms with E-state index in [1.165, 1.54) is 16.9 Å². The highest BCUT2D eigenvalue weighted by Gasteiger charge is 2.46. The Kier molecular flexibility index (Phi) is 6.12. The summed E-state index contributed by atoms with van der Waals surface area (Å²) in [6.07, 6.45) is 2.17. The van der Waals surface area contributed by atoms with E-state index in [4.69, 9.17) is 4.74 Å². The number of nitrogens with one attached hydrogen (secondary N) is 2. The lowest BCUT2D eigenvalue weighted by atomic mass is 9.79. The minimum absolute atomic E-state index is 0.115. The predicted molar refractivity (Wildman–Crippen MR) is 114 cm³/mol. The van der Waals surface area contributed by atoms with Gasteiger partial charge in [-0.15, -0.1) is 0 Å². The van der Waals surface area contributed by atoms with Gasteiger partial charge in [0.15, 0.2) is 5.06 Å². The second kappa shape index (κ2) is 8.56. The first-order valence-electron chi connectivity index (χ1n) is 10.1.